The van der Waals surface area contributed by atoms with Gasteiger partial charge < -0.3 is 20.2 Å². The molecule has 106 valence electrons. The van der Waals surface area contributed by atoms with Gasteiger partial charge >= 0.3 is 12.0 Å². The first-order valence-electron chi connectivity index (χ1n) is 5.85. The van der Waals surface area contributed by atoms with Crippen LogP contribution in [0, 0.1) is 5.92 Å². The molecule has 0 radical (unpaired) electrons. The van der Waals surface area contributed by atoms with E-state index in [0.717, 1.165) is 5.75 Å². The van der Waals surface area contributed by atoms with Gasteiger partial charge in [-0.2, -0.15) is 11.8 Å². The van der Waals surface area contributed by atoms with E-state index in [4.69, 9.17) is 9.52 Å². The first kappa shape index (κ1) is 15.4. The van der Waals surface area contributed by atoms with E-state index in [1.54, 1.807) is 11.8 Å². The quantitative estimate of drug-likeness (QED) is 0.710. The van der Waals surface area contributed by atoms with Crippen LogP contribution < -0.4 is 10.6 Å². The summed E-state index contributed by atoms with van der Waals surface area (Å²) in [6, 6.07) is 2.60. The summed E-state index contributed by atoms with van der Waals surface area (Å²) in [5.41, 5.74) is 0. The fourth-order valence-corrected chi connectivity index (χ4v) is 2.12. The van der Waals surface area contributed by atoms with Crippen LogP contribution in [0.15, 0.2) is 16.5 Å². The Morgan fingerprint density at radius 2 is 2.16 bits per heavy atom. The van der Waals surface area contributed by atoms with Crippen LogP contribution in [0.3, 0.4) is 0 Å². The number of hydrogen-bond acceptors (Lipinski definition) is 4. The first-order valence-corrected chi connectivity index (χ1v) is 7.25. The van der Waals surface area contributed by atoms with Gasteiger partial charge in [-0.25, -0.2) is 9.59 Å². The minimum absolute atomic E-state index is 0.134. The lowest BCUT2D eigenvalue weighted by molar-refractivity contribution is 0.0660. The maximum Gasteiger partial charge on any atom is 0.371 e. The smallest absolute Gasteiger partial charge is 0.371 e. The van der Waals surface area contributed by atoms with Gasteiger partial charge in [0.25, 0.3) is 0 Å². The highest BCUT2D eigenvalue weighted by atomic mass is 32.2. The summed E-state index contributed by atoms with van der Waals surface area (Å²) in [6.07, 6.45) is 2.02. The molecule has 2 amide bonds. The largest absolute Gasteiger partial charge is 0.475 e. The Kier molecular flexibility index (Phi) is 6.27. The van der Waals surface area contributed by atoms with Gasteiger partial charge in [0.05, 0.1) is 6.54 Å². The van der Waals surface area contributed by atoms with Crippen molar-refractivity contribution in [3.8, 4) is 0 Å². The number of aromatic carboxylic acids is 1. The number of nitrogens with one attached hydrogen (secondary N) is 2. The molecular formula is C12H18N2O4S. The van der Waals surface area contributed by atoms with Gasteiger partial charge in [0.1, 0.15) is 5.76 Å². The number of hydrogen-bond donors (Lipinski definition) is 3. The fraction of sp³-hybridized carbons (Fsp3) is 0.500. The Morgan fingerprint density at radius 1 is 1.42 bits per heavy atom. The van der Waals surface area contributed by atoms with Crippen LogP contribution in [-0.2, 0) is 6.54 Å². The molecule has 1 unspecified atom stereocenters. The van der Waals surface area contributed by atoms with Crippen LogP contribution >= 0.6 is 11.8 Å². The molecule has 3 N–H and O–H groups in total. The lowest BCUT2D eigenvalue weighted by atomic mass is 10.2. The van der Waals surface area contributed by atoms with Gasteiger partial charge in [-0.1, -0.05) is 6.92 Å². The van der Waals surface area contributed by atoms with Crippen molar-refractivity contribution >= 4 is 23.8 Å². The Hall–Kier alpha value is -1.63. The predicted molar refractivity (Wildman–Crippen MR) is 73.5 cm³/mol. The van der Waals surface area contributed by atoms with Gasteiger partial charge in [0.15, 0.2) is 0 Å². The summed E-state index contributed by atoms with van der Waals surface area (Å²) in [6.45, 7) is 2.82. The maximum atomic E-state index is 11.5. The van der Waals surface area contributed by atoms with Crippen LogP contribution in [0.2, 0.25) is 0 Å². The molecule has 0 aliphatic carbocycles. The van der Waals surface area contributed by atoms with Crippen LogP contribution in [0.1, 0.15) is 23.2 Å². The second-order valence-electron chi connectivity index (χ2n) is 4.20. The summed E-state index contributed by atoms with van der Waals surface area (Å²) in [4.78, 5) is 22.1. The molecule has 19 heavy (non-hydrogen) atoms. The number of furan rings is 1. The van der Waals surface area contributed by atoms with Crippen LogP contribution in [-0.4, -0.2) is 35.7 Å². The van der Waals surface area contributed by atoms with E-state index in [1.807, 2.05) is 6.26 Å². The molecule has 0 saturated carbocycles. The molecule has 1 atom stereocenters. The normalized spacial score (nSPS) is 11.9. The molecule has 1 aromatic heterocycles. The third kappa shape index (κ3) is 5.69. The van der Waals surface area contributed by atoms with E-state index in [0.29, 0.717) is 18.2 Å². The van der Waals surface area contributed by atoms with Crippen LogP contribution in [0.5, 0.6) is 0 Å². The third-order valence-corrected chi connectivity index (χ3v) is 3.26. The number of carboxylic acids is 1. The summed E-state index contributed by atoms with van der Waals surface area (Å²) in [5, 5.41) is 14.0. The zero-order valence-electron chi connectivity index (χ0n) is 10.9. The molecule has 0 aromatic carbocycles. The topological polar surface area (TPSA) is 91.6 Å². The third-order valence-electron chi connectivity index (χ3n) is 2.36. The van der Waals surface area contributed by atoms with Crippen molar-refractivity contribution < 1.29 is 19.1 Å². The lowest BCUT2D eigenvalue weighted by Crippen LogP contribution is -2.37. The molecular weight excluding hydrogens is 268 g/mol. The molecule has 0 aliphatic rings. The Morgan fingerprint density at radius 3 is 2.74 bits per heavy atom. The summed E-state index contributed by atoms with van der Waals surface area (Å²) in [5.74, 6) is 0.542. The van der Waals surface area contributed by atoms with Crippen molar-refractivity contribution in [2.75, 3.05) is 18.6 Å². The molecule has 0 spiro atoms. The Labute approximate surface area is 115 Å². The highest BCUT2D eigenvalue weighted by Gasteiger charge is 2.10. The average molecular weight is 286 g/mol. The van der Waals surface area contributed by atoms with E-state index >= 15 is 0 Å². The van der Waals surface area contributed by atoms with Gasteiger partial charge in [0, 0.05) is 6.54 Å². The Balaban J connectivity index is 2.27. The summed E-state index contributed by atoms with van der Waals surface area (Å²) >= 11 is 1.73. The molecule has 1 rings (SSSR count). The van der Waals surface area contributed by atoms with Gasteiger partial charge in [0.2, 0.25) is 5.76 Å². The van der Waals surface area contributed by atoms with Crippen LogP contribution in [0.4, 0.5) is 4.79 Å². The number of amides is 2. The number of carbonyl (C=O) groups is 2. The van der Waals surface area contributed by atoms with Gasteiger partial charge in [-0.05, 0) is 30.1 Å². The molecule has 0 aliphatic heterocycles. The first-order chi connectivity index (χ1) is 9.02. The number of rotatable bonds is 7. The predicted octanol–water partition coefficient (Wildman–Crippen LogP) is 1.78. The molecule has 0 fully saturated rings. The maximum absolute atomic E-state index is 11.5. The highest BCUT2D eigenvalue weighted by molar-refractivity contribution is 7.98. The molecule has 0 bridgehead atoms. The molecule has 1 heterocycles. The van der Waals surface area contributed by atoms with Crippen molar-refractivity contribution in [3.63, 3.8) is 0 Å². The number of urea groups is 1. The fourth-order valence-electron chi connectivity index (χ4n) is 1.43. The molecule has 6 nitrogen and oxygen atoms in total. The van der Waals surface area contributed by atoms with Crippen molar-refractivity contribution in [3.05, 3.63) is 23.7 Å². The molecule has 0 saturated heterocycles. The number of thioether (sulfide) groups is 1. The number of carbonyl (C=O) groups excluding carboxylic acids is 1. The monoisotopic (exact) mass is 286 g/mol. The minimum Gasteiger partial charge on any atom is -0.475 e. The van der Waals surface area contributed by atoms with Gasteiger partial charge in [-0.15, -0.1) is 0 Å². The van der Waals surface area contributed by atoms with Crippen molar-refractivity contribution in [1.29, 1.82) is 0 Å². The summed E-state index contributed by atoms with van der Waals surface area (Å²) < 4.78 is 5.01. The van der Waals surface area contributed by atoms with Gasteiger partial charge in [-0.3, -0.25) is 0 Å². The van der Waals surface area contributed by atoms with E-state index < -0.39 is 5.97 Å². The Bertz CT molecular complexity index is 433. The van der Waals surface area contributed by atoms with Crippen LogP contribution in [0.25, 0.3) is 0 Å². The lowest BCUT2D eigenvalue weighted by Gasteiger charge is -2.11. The summed E-state index contributed by atoms with van der Waals surface area (Å²) in [7, 11) is 0. The second-order valence-corrected chi connectivity index (χ2v) is 5.11. The van der Waals surface area contributed by atoms with Crippen molar-refractivity contribution in [1.82, 2.24) is 10.6 Å². The van der Waals surface area contributed by atoms with E-state index in [-0.39, 0.29) is 18.3 Å². The van der Waals surface area contributed by atoms with Crippen molar-refractivity contribution in [2.45, 2.75) is 13.5 Å². The van der Waals surface area contributed by atoms with E-state index in [1.165, 1.54) is 12.1 Å². The standard InChI is InChI=1S/C12H18N2O4S/c1-8(7-19-2)5-13-12(17)14-6-9-3-4-10(18-9)11(15)16/h3-4,8H,5-7H2,1-2H3,(H,15,16)(H2,13,14,17). The van der Waals surface area contributed by atoms with E-state index in [9.17, 15) is 9.59 Å². The second kappa shape index (κ2) is 7.73. The zero-order chi connectivity index (χ0) is 14.3. The highest BCUT2D eigenvalue weighted by Crippen LogP contribution is 2.07. The molecule has 7 heteroatoms. The van der Waals surface area contributed by atoms with Crippen molar-refractivity contribution in [2.24, 2.45) is 5.92 Å². The number of carboxylic acid groups (broad SMARTS) is 1. The SMILES string of the molecule is CSCC(C)CNC(=O)NCc1ccc(C(=O)O)o1. The minimum atomic E-state index is -1.12. The average Bonchev–Trinajstić information content (AvgIpc) is 2.83. The van der Waals surface area contributed by atoms with E-state index in [2.05, 4.69) is 17.6 Å². The zero-order valence-corrected chi connectivity index (χ0v) is 11.8. The molecule has 1 aromatic rings.